The second kappa shape index (κ2) is 9.22. The topological polar surface area (TPSA) is 116 Å². The molecule has 9 heteroatoms. The van der Waals surface area contributed by atoms with E-state index in [1.165, 1.54) is 0 Å². The van der Waals surface area contributed by atoms with Crippen LogP contribution in [0.2, 0.25) is 0 Å². The van der Waals surface area contributed by atoms with Crippen LogP contribution in [0.5, 0.6) is 0 Å². The maximum absolute atomic E-state index is 14.1. The quantitative estimate of drug-likeness (QED) is 0.256. The standard InChI is InChI=1S/C26H24N8O/c1-16(32-25(28-3)23-24(27-2)30-15-29-23)21-14-17-8-7-11-19(20-12-13-31-33-20)22(17)26(35)34(21)18-9-5-4-6-10-18/h4-16,27H,3H2,1-2H3,(H,29,30)(H,31,33)/t16-/m0/s1. The highest BCUT2D eigenvalue weighted by molar-refractivity contribution is 6.03. The van der Waals surface area contributed by atoms with Crippen molar-refractivity contribution >= 4 is 29.1 Å². The minimum Gasteiger partial charge on any atom is -0.371 e. The second-order valence-electron chi connectivity index (χ2n) is 7.95. The minimum atomic E-state index is -0.420. The van der Waals surface area contributed by atoms with Crippen LogP contribution in [-0.4, -0.2) is 44.3 Å². The maximum atomic E-state index is 14.1. The number of benzene rings is 2. The van der Waals surface area contributed by atoms with E-state index >= 15 is 0 Å². The third-order valence-corrected chi connectivity index (χ3v) is 5.87. The minimum absolute atomic E-state index is 0.137. The summed E-state index contributed by atoms with van der Waals surface area (Å²) in [4.78, 5) is 30.3. The molecular weight excluding hydrogens is 440 g/mol. The highest BCUT2D eigenvalue weighted by Crippen LogP contribution is 2.29. The Bertz CT molecular complexity index is 1580. The van der Waals surface area contributed by atoms with Crippen molar-refractivity contribution in [3.05, 3.63) is 94.9 Å². The number of amidine groups is 1. The maximum Gasteiger partial charge on any atom is 0.263 e. The van der Waals surface area contributed by atoms with Crippen LogP contribution in [0, 0.1) is 0 Å². The normalized spacial score (nSPS) is 12.6. The molecule has 0 aliphatic heterocycles. The Labute approximate surface area is 201 Å². The van der Waals surface area contributed by atoms with Gasteiger partial charge in [0.1, 0.15) is 5.69 Å². The SMILES string of the molecule is C=NC(=N[C@@H](C)c1cc2cccc(-c3ccn[nH]3)c2c(=O)n1-c1ccccc1)c1[nH]cnc1NC. The molecule has 9 nitrogen and oxygen atoms in total. The number of hydrogen-bond donors (Lipinski definition) is 3. The van der Waals surface area contributed by atoms with E-state index in [2.05, 4.69) is 37.2 Å². The van der Waals surface area contributed by atoms with E-state index in [4.69, 9.17) is 4.99 Å². The first kappa shape index (κ1) is 22.0. The molecule has 0 aliphatic carbocycles. The molecule has 35 heavy (non-hydrogen) atoms. The largest absolute Gasteiger partial charge is 0.371 e. The van der Waals surface area contributed by atoms with Gasteiger partial charge in [0, 0.05) is 24.5 Å². The summed E-state index contributed by atoms with van der Waals surface area (Å²) < 4.78 is 1.71. The number of rotatable bonds is 6. The van der Waals surface area contributed by atoms with Gasteiger partial charge in [-0.2, -0.15) is 5.10 Å². The monoisotopic (exact) mass is 464 g/mol. The Morgan fingerprint density at radius 2 is 1.97 bits per heavy atom. The highest BCUT2D eigenvalue weighted by atomic mass is 16.1. The first-order valence-electron chi connectivity index (χ1n) is 11.1. The average molecular weight is 465 g/mol. The van der Waals surface area contributed by atoms with Crippen molar-refractivity contribution < 1.29 is 0 Å². The summed E-state index contributed by atoms with van der Waals surface area (Å²) in [5.74, 6) is 1.02. The van der Waals surface area contributed by atoms with Crippen molar-refractivity contribution in [3.63, 3.8) is 0 Å². The third kappa shape index (κ3) is 3.93. The van der Waals surface area contributed by atoms with Gasteiger partial charge in [0.25, 0.3) is 5.56 Å². The van der Waals surface area contributed by atoms with Crippen LogP contribution in [0.25, 0.3) is 27.7 Å². The number of imidazole rings is 1. The summed E-state index contributed by atoms with van der Waals surface area (Å²) in [6.07, 6.45) is 3.24. The molecular formula is C26H24N8O. The molecule has 2 aromatic carbocycles. The third-order valence-electron chi connectivity index (χ3n) is 5.87. The molecule has 3 aromatic heterocycles. The molecule has 1 atom stereocenters. The van der Waals surface area contributed by atoms with Crippen LogP contribution < -0.4 is 10.9 Å². The zero-order valence-electron chi connectivity index (χ0n) is 19.4. The van der Waals surface area contributed by atoms with Crippen molar-refractivity contribution in [2.45, 2.75) is 13.0 Å². The fourth-order valence-electron chi connectivity index (χ4n) is 4.25. The number of fused-ring (bicyclic) bond motifs is 1. The lowest BCUT2D eigenvalue weighted by Crippen LogP contribution is -2.24. The molecule has 0 saturated heterocycles. The zero-order chi connectivity index (χ0) is 24.4. The number of aliphatic imine (C=N–C) groups is 2. The zero-order valence-corrected chi connectivity index (χ0v) is 19.4. The lowest BCUT2D eigenvalue weighted by atomic mass is 10.0. The van der Waals surface area contributed by atoms with Crippen LogP contribution in [0.1, 0.15) is 24.4 Å². The second-order valence-corrected chi connectivity index (χ2v) is 7.95. The molecule has 5 rings (SSSR count). The van der Waals surface area contributed by atoms with E-state index in [1.807, 2.05) is 67.6 Å². The van der Waals surface area contributed by atoms with E-state index in [9.17, 15) is 4.79 Å². The molecule has 174 valence electrons. The van der Waals surface area contributed by atoms with Gasteiger partial charge < -0.3 is 10.3 Å². The Hall–Kier alpha value is -4.79. The van der Waals surface area contributed by atoms with Gasteiger partial charge in [-0.1, -0.05) is 36.4 Å². The number of para-hydroxylation sites is 1. The molecule has 0 aliphatic rings. The summed E-state index contributed by atoms with van der Waals surface area (Å²) in [5, 5.41) is 11.5. The number of pyridine rings is 1. The summed E-state index contributed by atoms with van der Waals surface area (Å²) in [6.45, 7) is 5.62. The van der Waals surface area contributed by atoms with Gasteiger partial charge in [-0.15, -0.1) is 0 Å². The van der Waals surface area contributed by atoms with E-state index in [-0.39, 0.29) is 5.56 Å². The van der Waals surface area contributed by atoms with Crippen LogP contribution in [0.3, 0.4) is 0 Å². The van der Waals surface area contributed by atoms with Crippen molar-refractivity contribution in [1.82, 2.24) is 24.7 Å². The van der Waals surface area contributed by atoms with Gasteiger partial charge in [0.05, 0.1) is 29.1 Å². The summed E-state index contributed by atoms with van der Waals surface area (Å²) >= 11 is 0. The predicted octanol–water partition coefficient (Wildman–Crippen LogP) is 4.35. The number of aromatic nitrogens is 5. The molecule has 0 unspecified atom stereocenters. The highest BCUT2D eigenvalue weighted by Gasteiger charge is 2.20. The smallest absolute Gasteiger partial charge is 0.263 e. The van der Waals surface area contributed by atoms with Gasteiger partial charge >= 0.3 is 0 Å². The molecule has 5 aromatic rings. The first-order valence-corrected chi connectivity index (χ1v) is 11.1. The fraction of sp³-hybridized carbons (Fsp3) is 0.115. The van der Waals surface area contributed by atoms with Crippen LogP contribution >= 0.6 is 0 Å². The van der Waals surface area contributed by atoms with Crippen molar-refractivity contribution in [2.24, 2.45) is 9.98 Å². The summed E-state index contributed by atoms with van der Waals surface area (Å²) in [7, 11) is 1.78. The van der Waals surface area contributed by atoms with E-state index in [0.717, 1.165) is 28.0 Å². The predicted molar refractivity (Wildman–Crippen MR) is 140 cm³/mol. The number of anilines is 1. The Morgan fingerprint density at radius 3 is 2.69 bits per heavy atom. The van der Waals surface area contributed by atoms with Gasteiger partial charge in [0.2, 0.25) is 0 Å². The van der Waals surface area contributed by atoms with Crippen molar-refractivity contribution in [3.8, 4) is 16.9 Å². The number of nitrogens with zero attached hydrogens (tertiary/aromatic N) is 5. The Kier molecular flexibility index (Phi) is 5.80. The average Bonchev–Trinajstić information content (AvgIpc) is 3.59. The molecule has 0 bridgehead atoms. The Morgan fingerprint density at radius 1 is 1.14 bits per heavy atom. The number of nitrogens with one attached hydrogen (secondary N) is 3. The van der Waals surface area contributed by atoms with Crippen LogP contribution in [-0.2, 0) is 0 Å². The number of H-pyrrole nitrogens is 2. The molecule has 3 heterocycles. The summed E-state index contributed by atoms with van der Waals surface area (Å²) in [5.41, 5.74) is 3.54. The lowest BCUT2D eigenvalue weighted by Gasteiger charge is -2.19. The lowest BCUT2D eigenvalue weighted by molar-refractivity contribution is 0.735. The van der Waals surface area contributed by atoms with Crippen LogP contribution in [0.15, 0.2) is 88.0 Å². The molecule has 3 N–H and O–H groups in total. The number of aromatic amines is 2. The summed E-state index contributed by atoms with van der Waals surface area (Å²) in [6, 6.07) is 18.8. The molecule has 0 spiro atoms. The fourth-order valence-corrected chi connectivity index (χ4v) is 4.25. The van der Waals surface area contributed by atoms with Crippen LogP contribution in [0.4, 0.5) is 5.82 Å². The van der Waals surface area contributed by atoms with E-state index in [0.29, 0.717) is 22.7 Å². The van der Waals surface area contributed by atoms with Gasteiger partial charge in [-0.25, -0.2) is 9.98 Å². The van der Waals surface area contributed by atoms with E-state index < -0.39 is 6.04 Å². The molecule has 0 saturated carbocycles. The number of hydrogen-bond acceptors (Lipinski definition) is 5. The molecule has 0 fully saturated rings. The van der Waals surface area contributed by atoms with Gasteiger partial charge in [0.15, 0.2) is 11.7 Å². The Balaban J connectivity index is 1.76. The molecule has 0 amide bonds. The van der Waals surface area contributed by atoms with Crippen molar-refractivity contribution in [1.29, 1.82) is 0 Å². The van der Waals surface area contributed by atoms with E-state index in [1.54, 1.807) is 24.1 Å². The molecule has 0 radical (unpaired) electrons. The van der Waals surface area contributed by atoms with Gasteiger partial charge in [-0.05, 0) is 43.3 Å². The first-order chi connectivity index (χ1) is 17.1. The van der Waals surface area contributed by atoms with Crippen molar-refractivity contribution in [2.75, 3.05) is 12.4 Å². The van der Waals surface area contributed by atoms with Gasteiger partial charge in [-0.3, -0.25) is 19.5 Å².